The summed E-state index contributed by atoms with van der Waals surface area (Å²) in [7, 11) is -3.99. The Bertz CT molecular complexity index is 1370. The van der Waals surface area contributed by atoms with Crippen LogP contribution in [-0.4, -0.2) is 73.3 Å². The van der Waals surface area contributed by atoms with Crippen LogP contribution in [0.3, 0.4) is 0 Å². The predicted octanol–water partition coefficient (Wildman–Crippen LogP) is 3.09. The van der Waals surface area contributed by atoms with Crippen LogP contribution in [0.1, 0.15) is 62.8 Å². The van der Waals surface area contributed by atoms with Crippen molar-refractivity contribution in [2.45, 2.75) is 71.1 Å². The van der Waals surface area contributed by atoms with E-state index in [4.69, 9.17) is 19.5 Å². The first-order valence-electron chi connectivity index (χ1n) is 13.6. The molecule has 0 amide bonds. The minimum absolute atomic E-state index is 0.00603. The van der Waals surface area contributed by atoms with Crippen LogP contribution < -0.4 is 10.8 Å². The maximum Gasteiger partial charge on any atom is 0.405 e. The van der Waals surface area contributed by atoms with Gasteiger partial charge in [0.15, 0.2) is 28.6 Å². The topological polar surface area (TPSA) is 188 Å². The third-order valence-corrected chi connectivity index (χ3v) is 10.2. The minimum atomic E-state index is -3.99. The number of aliphatic hydroxyl groups is 2. The number of aromatic nitrogens is 2. The van der Waals surface area contributed by atoms with Crippen LogP contribution in [0.4, 0.5) is 5.82 Å². The molecule has 2 unspecified atom stereocenters. The van der Waals surface area contributed by atoms with E-state index in [-0.39, 0.29) is 53.6 Å². The molecule has 5 atom stereocenters. The number of nitrogens with zero attached hydrogens (tertiary/aromatic N) is 3. The predicted molar refractivity (Wildman–Crippen MR) is 157 cm³/mol. The molecule has 13 nitrogen and oxygen atoms in total. The number of ketones is 1. The molecule has 4 rings (SSSR count). The van der Waals surface area contributed by atoms with Gasteiger partial charge in [-0.25, -0.2) is 19.6 Å². The maximum atomic E-state index is 13.8. The van der Waals surface area contributed by atoms with Gasteiger partial charge in [-0.1, -0.05) is 62.9 Å². The van der Waals surface area contributed by atoms with Crippen molar-refractivity contribution < 1.29 is 38.2 Å². The smallest absolute Gasteiger partial charge is 0.387 e. The Hall–Kier alpha value is -2.42. The molecule has 0 radical (unpaired) electrons. The van der Waals surface area contributed by atoms with Crippen molar-refractivity contribution in [2.24, 2.45) is 16.1 Å². The summed E-state index contributed by atoms with van der Waals surface area (Å²) in [5, 5.41) is 25.0. The number of hydrogen-bond donors (Lipinski definition) is 4. The first-order chi connectivity index (χ1) is 19.8. The van der Waals surface area contributed by atoms with Gasteiger partial charge in [-0.15, -0.1) is 0 Å². The average molecular weight is 624 g/mol. The fourth-order valence-corrected chi connectivity index (χ4v) is 6.57. The second kappa shape index (κ2) is 13.1. The zero-order valence-corrected chi connectivity index (χ0v) is 25.8. The van der Waals surface area contributed by atoms with E-state index in [1.807, 2.05) is 51.1 Å². The summed E-state index contributed by atoms with van der Waals surface area (Å²) in [6.45, 7) is 6.73. The quantitative estimate of drug-likeness (QED) is 0.189. The molecule has 2 aliphatic heterocycles. The van der Waals surface area contributed by atoms with Crippen LogP contribution in [-0.2, 0) is 29.7 Å². The molecule has 15 heteroatoms. The number of carbonyl (C=O) groups is 2. The van der Waals surface area contributed by atoms with Crippen LogP contribution in [0.15, 0.2) is 41.7 Å². The van der Waals surface area contributed by atoms with Gasteiger partial charge in [-0.05, 0) is 18.9 Å². The van der Waals surface area contributed by atoms with Crippen molar-refractivity contribution >= 4 is 42.1 Å². The summed E-state index contributed by atoms with van der Waals surface area (Å²) in [5.41, 5.74) is 4.36. The molecule has 2 aromatic rings. The second-order valence-electron chi connectivity index (χ2n) is 11.0. The Labute approximate surface area is 248 Å². The summed E-state index contributed by atoms with van der Waals surface area (Å²) < 4.78 is 32.5. The number of imidazole rings is 1. The SMILES string of the molecule is CCC(C)(C)C(=O)SCCOP(=O)(NCc1ccccc1)OC[C@H]1O[C@@H](n2cnc3c2N=C(N)CC3=O)C(O)[C@]1(C)O. The molecule has 0 aliphatic carbocycles. The van der Waals surface area contributed by atoms with Gasteiger partial charge in [0.05, 0.1) is 26.0 Å². The Balaban J connectivity index is 1.45. The Morgan fingerprint density at radius 3 is 2.74 bits per heavy atom. The van der Waals surface area contributed by atoms with Crippen LogP contribution in [0.2, 0.25) is 0 Å². The van der Waals surface area contributed by atoms with E-state index in [0.29, 0.717) is 6.42 Å². The van der Waals surface area contributed by atoms with E-state index in [1.54, 1.807) is 0 Å². The highest BCUT2D eigenvalue weighted by Gasteiger charge is 2.54. The number of hydrogen-bond acceptors (Lipinski definition) is 12. The third-order valence-electron chi connectivity index (χ3n) is 7.45. The molecule has 1 fully saturated rings. The largest absolute Gasteiger partial charge is 0.405 e. The van der Waals surface area contributed by atoms with Gasteiger partial charge < -0.3 is 20.7 Å². The van der Waals surface area contributed by atoms with Gasteiger partial charge in [-0.2, -0.15) is 0 Å². The Morgan fingerprint density at radius 1 is 1.33 bits per heavy atom. The summed E-state index contributed by atoms with van der Waals surface area (Å²) in [6, 6.07) is 9.22. The zero-order chi connectivity index (χ0) is 30.7. The van der Waals surface area contributed by atoms with Crippen LogP contribution >= 0.6 is 19.5 Å². The van der Waals surface area contributed by atoms with Crippen molar-refractivity contribution in [3.63, 3.8) is 0 Å². The number of aliphatic hydroxyl groups excluding tert-OH is 1. The van der Waals surface area contributed by atoms with Crippen molar-refractivity contribution in [1.82, 2.24) is 14.6 Å². The lowest BCUT2D eigenvalue weighted by Gasteiger charge is -2.28. The van der Waals surface area contributed by atoms with Gasteiger partial charge in [0.2, 0.25) is 0 Å². The van der Waals surface area contributed by atoms with Crippen molar-refractivity contribution in [2.75, 3.05) is 19.0 Å². The lowest BCUT2D eigenvalue weighted by atomic mass is 9.92. The Morgan fingerprint density at radius 2 is 2.05 bits per heavy atom. The normalized spacial score (nSPS) is 25.6. The van der Waals surface area contributed by atoms with E-state index < -0.39 is 43.8 Å². The molecule has 1 saturated heterocycles. The lowest BCUT2D eigenvalue weighted by molar-refractivity contribution is -0.118. The number of benzene rings is 1. The first kappa shape index (κ1) is 32.5. The second-order valence-corrected chi connectivity index (χ2v) is 13.9. The number of amidine groups is 1. The summed E-state index contributed by atoms with van der Waals surface area (Å²) in [5.74, 6) is 0.141. The lowest BCUT2D eigenvalue weighted by Crippen LogP contribution is -2.46. The van der Waals surface area contributed by atoms with Crippen molar-refractivity contribution in [3.05, 3.63) is 47.9 Å². The van der Waals surface area contributed by atoms with Crippen LogP contribution in [0, 0.1) is 5.41 Å². The number of fused-ring (bicyclic) bond motifs is 1. The highest BCUT2D eigenvalue weighted by Crippen LogP contribution is 2.47. The summed E-state index contributed by atoms with van der Waals surface area (Å²) in [4.78, 5) is 33.0. The third kappa shape index (κ3) is 7.20. The number of aliphatic imine (C=N–C) groups is 1. The number of nitrogens with one attached hydrogen (secondary N) is 1. The highest BCUT2D eigenvalue weighted by atomic mass is 32.2. The molecule has 3 heterocycles. The van der Waals surface area contributed by atoms with Gasteiger partial charge >= 0.3 is 7.75 Å². The number of rotatable bonds is 13. The standard InChI is InChI=1S/C27H38N5O8PS/c1-5-26(2,3)25(35)42-12-11-38-41(37,30-14-17-9-7-6-8-10-17)39-15-19-27(4,36)22(34)24(40-19)32-16-29-21-18(33)13-20(28)31-23(21)32/h6-10,16,19,22,24,34,36H,5,11-15H2,1-4H3,(H2,28,31)(H,30,37)/t19-,22?,24-,27-,41?/m1/s1. The number of Topliss-reactive ketones (excluding diaryl/α,β-unsaturated/α-hetero) is 1. The molecule has 0 saturated carbocycles. The van der Waals surface area contributed by atoms with Crippen molar-refractivity contribution in [1.29, 1.82) is 0 Å². The number of nitrogens with two attached hydrogens (primary N) is 1. The maximum absolute atomic E-state index is 13.8. The summed E-state index contributed by atoms with van der Waals surface area (Å²) in [6.07, 6.45) is -1.93. The minimum Gasteiger partial charge on any atom is -0.387 e. The fourth-order valence-electron chi connectivity index (χ4n) is 4.27. The van der Waals surface area contributed by atoms with Gasteiger partial charge in [0, 0.05) is 17.7 Å². The van der Waals surface area contributed by atoms with Gasteiger partial charge in [0.1, 0.15) is 23.6 Å². The molecule has 1 aromatic carbocycles. The van der Waals surface area contributed by atoms with Gasteiger partial charge in [0.25, 0.3) is 0 Å². The molecule has 1 aromatic heterocycles. The average Bonchev–Trinajstić information content (AvgIpc) is 3.47. The number of ether oxygens (including phenoxy) is 1. The van der Waals surface area contributed by atoms with E-state index in [9.17, 15) is 24.4 Å². The molecule has 230 valence electrons. The van der Waals surface area contributed by atoms with E-state index in [2.05, 4.69) is 15.1 Å². The molecule has 42 heavy (non-hydrogen) atoms. The molecular weight excluding hydrogens is 585 g/mol. The number of carbonyl (C=O) groups excluding carboxylic acids is 2. The zero-order valence-electron chi connectivity index (χ0n) is 24.1. The molecule has 2 aliphatic rings. The fraction of sp³-hybridized carbons (Fsp3) is 0.556. The van der Waals surface area contributed by atoms with E-state index >= 15 is 0 Å². The molecule has 0 bridgehead atoms. The van der Waals surface area contributed by atoms with Crippen molar-refractivity contribution in [3.8, 4) is 0 Å². The molecule has 5 N–H and O–H groups in total. The van der Waals surface area contributed by atoms with E-state index in [1.165, 1.54) is 17.8 Å². The molecular formula is C27H38N5O8PS. The Kier molecular flexibility index (Phi) is 10.1. The van der Waals surface area contributed by atoms with Crippen LogP contribution in [0.5, 0.6) is 0 Å². The monoisotopic (exact) mass is 623 g/mol. The van der Waals surface area contributed by atoms with E-state index in [0.717, 1.165) is 17.3 Å². The number of thioether (sulfide) groups is 1. The molecule has 0 spiro atoms. The first-order valence-corrected chi connectivity index (χ1v) is 16.1. The van der Waals surface area contributed by atoms with Gasteiger partial charge in [-0.3, -0.25) is 23.2 Å². The van der Waals surface area contributed by atoms with Crippen LogP contribution in [0.25, 0.3) is 0 Å². The summed E-state index contributed by atoms with van der Waals surface area (Å²) >= 11 is 1.10. The highest BCUT2D eigenvalue weighted by molar-refractivity contribution is 8.13.